The molecule has 1 aliphatic rings. The van der Waals surface area contributed by atoms with Gasteiger partial charge in [0.2, 0.25) is 0 Å². The summed E-state index contributed by atoms with van der Waals surface area (Å²) in [6.45, 7) is 0. The number of halogens is 1. The van der Waals surface area contributed by atoms with Crippen LogP contribution in [0.5, 0.6) is 5.75 Å². The second-order valence-electron chi connectivity index (χ2n) is 5.01. The molecule has 0 bridgehead atoms. The van der Waals surface area contributed by atoms with E-state index in [9.17, 15) is 10.2 Å². The minimum absolute atomic E-state index is 0. The van der Waals surface area contributed by atoms with Crippen LogP contribution in [-0.2, 0) is 0 Å². The van der Waals surface area contributed by atoms with Gasteiger partial charge in [0.05, 0.1) is 12.1 Å². The Morgan fingerprint density at radius 1 is 1.17 bits per heavy atom. The van der Waals surface area contributed by atoms with Crippen LogP contribution in [0, 0.1) is 5.92 Å². The van der Waals surface area contributed by atoms with Gasteiger partial charge in [-0.2, -0.15) is 0 Å². The number of phenolic OH excluding ortho intramolecular Hbond substituents is 1. The fourth-order valence-electron chi connectivity index (χ4n) is 2.70. The van der Waals surface area contributed by atoms with Gasteiger partial charge in [-0.25, -0.2) is 0 Å². The van der Waals surface area contributed by atoms with Crippen molar-refractivity contribution < 1.29 is 10.2 Å². The summed E-state index contributed by atoms with van der Waals surface area (Å²) in [6.07, 6.45) is 5.27. The topological polar surface area (TPSA) is 66.5 Å². The van der Waals surface area contributed by atoms with E-state index >= 15 is 0 Å². The maximum atomic E-state index is 10.3. The van der Waals surface area contributed by atoms with Gasteiger partial charge in [0, 0.05) is 0 Å². The van der Waals surface area contributed by atoms with E-state index in [1.807, 2.05) is 6.07 Å². The summed E-state index contributed by atoms with van der Waals surface area (Å²) in [5, 5.41) is 19.7. The molecule has 1 aromatic rings. The van der Waals surface area contributed by atoms with E-state index in [1.54, 1.807) is 18.2 Å². The summed E-state index contributed by atoms with van der Waals surface area (Å²) in [7, 11) is 0. The average molecular weight is 272 g/mol. The van der Waals surface area contributed by atoms with E-state index in [0.29, 0.717) is 5.92 Å². The molecule has 3 nitrogen and oxygen atoms in total. The first-order chi connectivity index (χ1) is 8.18. The van der Waals surface area contributed by atoms with Crippen LogP contribution in [0.25, 0.3) is 0 Å². The minimum Gasteiger partial charge on any atom is -0.508 e. The molecule has 0 unspecified atom stereocenters. The molecule has 0 aliphatic heterocycles. The van der Waals surface area contributed by atoms with Crippen molar-refractivity contribution in [3.8, 4) is 5.75 Å². The molecule has 1 fully saturated rings. The smallest absolute Gasteiger partial charge is 0.115 e. The number of aliphatic hydroxyl groups excluding tert-OH is 1. The number of hydrogen-bond acceptors (Lipinski definition) is 3. The van der Waals surface area contributed by atoms with Crippen molar-refractivity contribution >= 4 is 12.4 Å². The molecule has 0 spiro atoms. The van der Waals surface area contributed by atoms with Gasteiger partial charge in [0.1, 0.15) is 5.75 Å². The van der Waals surface area contributed by atoms with Gasteiger partial charge in [-0.1, -0.05) is 31.4 Å². The summed E-state index contributed by atoms with van der Waals surface area (Å²) in [6, 6.07) is 6.47. The molecule has 4 heteroatoms. The molecule has 18 heavy (non-hydrogen) atoms. The quantitative estimate of drug-likeness (QED) is 0.792. The van der Waals surface area contributed by atoms with Gasteiger partial charge in [-0.3, -0.25) is 0 Å². The van der Waals surface area contributed by atoms with E-state index < -0.39 is 12.1 Å². The third kappa shape index (κ3) is 3.61. The summed E-state index contributed by atoms with van der Waals surface area (Å²) in [5.74, 6) is 0.509. The minimum atomic E-state index is -0.503. The Morgan fingerprint density at radius 3 is 2.44 bits per heavy atom. The van der Waals surface area contributed by atoms with Crippen LogP contribution < -0.4 is 5.73 Å². The number of phenols is 1. The van der Waals surface area contributed by atoms with E-state index in [4.69, 9.17) is 5.73 Å². The Labute approximate surface area is 114 Å². The lowest BCUT2D eigenvalue weighted by atomic mass is 9.81. The standard InChI is InChI=1S/C14H21NO2.ClH/c15-13(11-7-4-8-12(16)9-11)14(17)10-5-2-1-3-6-10;/h4,7-10,13-14,16-17H,1-3,5-6,15H2;1H/t13-,14+;/m1./s1. The first-order valence-electron chi connectivity index (χ1n) is 6.41. The lowest BCUT2D eigenvalue weighted by Gasteiger charge is -2.30. The number of nitrogens with two attached hydrogens (primary N) is 1. The molecule has 4 N–H and O–H groups in total. The van der Waals surface area contributed by atoms with Gasteiger partial charge in [-0.15, -0.1) is 12.4 Å². The van der Waals surface area contributed by atoms with Crippen LogP contribution in [0.1, 0.15) is 43.7 Å². The zero-order chi connectivity index (χ0) is 12.3. The Bertz CT molecular complexity index is 367. The van der Waals surface area contributed by atoms with Crippen LogP contribution in [-0.4, -0.2) is 16.3 Å². The van der Waals surface area contributed by atoms with Crippen LogP contribution >= 0.6 is 12.4 Å². The lowest BCUT2D eigenvalue weighted by Crippen LogP contribution is -2.34. The molecule has 1 saturated carbocycles. The molecular formula is C14H22ClNO2. The average Bonchev–Trinajstić information content (AvgIpc) is 2.38. The van der Waals surface area contributed by atoms with Gasteiger partial charge in [-0.05, 0) is 36.5 Å². The molecule has 0 heterocycles. The highest BCUT2D eigenvalue weighted by Crippen LogP contribution is 2.31. The van der Waals surface area contributed by atoms with Crippen molar-refractivity contribution in [2.75, 3.05) is 0 Å². The summed E-state index contributed by atoms with van der Waals surface area (Å²) >= 11 is 0. The highest BCUT2D eigenvalue weighted by Gasteiger charge is 2.27. The Balaban J connectivity index is 0.00000162. The first-order valence-corrected chi connectivity index (χ1v) is 6.41. The summed E-state index contributed by atoms with van der Waals surface area (Å²) in [5.41, 5.74) is 6.89. The third-order valence-electron chi connectivity index (χ3n) is 3.76. The third-order valence-corrected chi connectivity index (χ3v) is 3.76. The van der Waals surface area contributed by atoms with E-state index in [1.165, 1.54) is 19.3 Å². The SMILES string of the molecule is Cl.N[C@H](c1cccc(O)c1)[C@@H](O)C1CCCCC1. The number of benzene rings is 1. The van der Waals surface area contributed by atoms with Crippen molar-refractivity contribution in [1.29, 1.82) is 0 Å². The second kappa shape index (κ2) is 6.98. The van der Waals surface area contributed by atoms with Crippen molar-refractivity contribution in [3.63, 3.8) is 0 Å². The van der Waals surface area contributed by atoms with Crippen molar-refractivity contribution in [1.82, 2.24) is 0 Å². The fraction of sp³-hybridized carbons (Fsp3) is 0.571. The maximum Gasteiger partial charge on any atom is 0.115 e. The Kier molecular flexibility index (Phi) is 5.93. The molecule has 0 amide bonds. The van der Waals surface area contributed by atoms with Crippen molar-refractivity contribution in [2.24, 2.45) is 11.7 Å². The zero-order valence-corrected chi connectivity index (χ0v) is 11.3. The van der Waals surface area contributed by atoms with E-state index in [2.05, 4.69) is 0 Å². The molecule has 0 aromatic heterocycles. The number of hydrogen-bond donors (Lipinski definition) is 3. The lowest BCUT2D eigenvalue weighted by molar-refractivity contribution is 0.0617. The second-order valence-corrected chi connectivity index (χ2v) is 5.01. The molecule has 0 saturated heterocycles. The molecule has 102 valence electrons. The van der Waals surface area contributed by atoms with Crippen molar-refractivity contribution in [3.05, 3.63) is 29.8 Å². The molecule has 1 aliphatic carbocycles. The van der Waals surface area contributed by atoms with E-state index in [-0.39, 0.29) is 18.2 Å². The largest absolute Gasteiger partial charge is 0.508 e. The highest BCUT2D eigenvalue weighted by molar-refractivity contribution is 5.85. The Hall–Kier alpha value is -0.770. The molecule has 0 radical (unpaired) electrons. The number of aromatic hydroxyl groups is 1. The zero-order valence-electron chi connectivity index (χ0n) is 10.5. The first kappa shape index (κ1) is 15.3. The predicted molar refractivity (Wildman–Crippen MR) is 74.9 cm³/mol. The number of aliphatic hydroxyl groups is 1. The molecule has 2 rings (SSSR count). The van der Waals surface area contributed by atoms with Crippen LogP contribution in [0.2, 0.25) is 0 Å². The summed E-state index contributed by atoms with van der Waals surface area (Å²) in [4.78, 5) is 0. The number of rotatable bonds is 3. The van der Waals surface area contributed by atoms with E-state index in [0.717, 1.165) is 18.4 Å². The molecular weight excluding hydrogens is 250 g/mol. The van der Waals surface area contributed by atoms with Gasteiger partial charge >= 0.3 is 0 Å². The van der Waals surface area contributed by atoms with Crippen LogP contribution in [0.4, 0.5) is 0 Å². The fourth-order valence-corrected chi connectivity index (χ4v) is 2.70. The monoisotopic (exact) mass is 271 g/mol. The van der Waals surface area contributed by atoms with Gasteiger partial charge in [0.25, 0.3) is 0 Å². The highest BCUT2D eigenvalue weighted by atomic mass is 35.5. The van der Waals surface area contributed by atoms with Crippen molar-refractivity contribution in [2.45, 2.75) is 44.2 Å². The Morgan fingerprint density at radius 2 is 1.83 bits per heavy atom. The normalized spacial score (nSPS) is 19.9. The van der Waals surface area contributed by atoms with Crippen LogP contribution in [0.15, 0.2) is 24.3 Å². The predicted octanol–water partition coefficient (Wildman–Crippen LogP) is 2.76. The molecule has 1 aromatic carbocycles. The van der Waals surface area contributed by atoms with Gasteiger partial charge in [0.15, 0.2) is 0 Å². The van der Waals surface area contributed by atoms with Crippen LogP contribution in [0.3, 0.4) is 0 Å². The molecule has 2 atom stereocenters. The summed E-state index contributed by atoms with van der Waals surface area (Å²) < 4.78 is 0. The van der Waals surface area contributed by atoms with Gasteiger partial charge < -0.3 is 15.9 Å². The maximum absolute atomic E-state index is 10.3.